The molecule has 19 heavy (non-hydrogen) atoms. The molecule has 1 N–H and O–H groups in total. The lowest BCUT2D eigenvalue weighted by molar-refractivity contribution is 0.199. The zero-order valence-electron chi connectivity index (χ0n) is 11.3. The lowest BCUT2D eigenvalue weighted by Gasteiger charge is -2.14. The first-order valence-corrected chi connectivity index (χ1v) is 5.75. The highest BCUT2D eigenvalue weighted by Crippen LogP contribution is 2.30. The molecular weight excluding hydrogens is 266 g/mol. The van der Waals surface area contributed by atoms with Gasteiger partial charge in [0.05, 0.1) is 13.7 Å². The standard InChI is InChI=1S/C14H19NO3.ClH/c1-4-9-18-14-12(11-15-8-10-16-2)6-5-7-13(14)17-3;/h1,5-7,15H,8-11H2,2-3H3;1H. The van der Waals surface area contributed by atoms with Crippen LogP contribution in [0.3, 0.4) is 0 Å². The minimum atomic E-state index is 0. The molecule has 0 saturated carbocycles. The van der Waals surface area contributed by atoms with Gasteiger partial charge in [0.2, 0.25) is 0 Å². The summed E-state index contributed by atoms with van der Waals surface area (Å²) < 4.78 is 15.8. The summed E-state index contributed by atoms with van der Waals surface area (Å²) in [5.74, 6) is 3.84. The summed E-state index contributed by atoms with van der Waals surface area (Å²) in [7, 11) is 3.29. The van der Waals surface area contributed by atoms with E-state index in [1.54, 1.807) is 14.2 Å². The highest BCUT2D eigenvalue weighted by atomic mass is 35.5. The van der Waals surface area contributed by atoms with Crippen LogP contribution in [0.5, 0.6) is 11.5 Å². The van der Waals surface area contributed by atoms with Gasteiger partial charge in [-0.05, 0) is 6.07 Å². The zero-order valence-corrected chi connectivity index (χ0v) is 12.1. The van der Waals surface area contributed by atoms with Crippen LogP contribution in [0.15, 0.2) is 18.2 Å². The first-order chi connectivity index (χ1) is 8.83. The highest BCUT2D eigenvalue weighted by Gasteiger charge is 2.09. The smallest absolute Gasteiger partial charge is 0.167 e. The molecule has 0 bridgehead atoms. The van der Waals surface area contributed by atoms with Gasteiger partial charge in [-0.25, -0.2) is 0 Å². The van der Waals surface area contributed by atoms with Crippen LogP contribution < -0.4 is 14.8 Å². The maximum absolute atomic E-state index is 5.53. The van der Waals surface area contributed by atoms with Crippen LogP contribution in [-0.2, 0) is 11.3 Å². The van der Waals surface area contributed by atoms with Gasteiger partial charge in [0, 0.05) is 25.8 Å². The molecule has 1 aromatic rings. The van der Waals surface area contributed by atoms with E-state index in [1.807, 2.05) is 18.2 Å². The van der Waals surface area contributed by atoms with E-state index in [0.29, 0.717) is 24.7 Å². The molecule has 0 aliphatic carbocycles. The number of rotatable bonds is 8. The Balaban J connectivity index is 0.00000324. The Labute approximate surface area is 120 Å². The van der Waals surface area contributed by atoms with E-state index in [0.717, 1.165) is 12.1 Å². The first-order valence-electron chi connectivity index (χ1n) is 5.75. The fourth-order valence-corrected chi connectivity index (χ4v) is 1.54. The predicted molar refractivity (Wildman–Crippen MR) is 78.2 cm³/mol. The number of hydrogen-bond acceptors (Lipinski definition) is 4. The van der Waals surface area contributed by atoms with E-state index in [9.17, 15) is 0 Å². The van der Waals surface area contributed by atoms with Crippen molar-refractivity contribution in [2.75, 3.05) is 34.0 Å². The summed E-state index contributed by atoms with van der Waals surface area (Å²) in [5, 5.41) is 3.26. The molecular formula is C14H20ClNO3. The molecule has 0 unspecified atom stereocenters. The van der Waals surface area contributed by atoms with Crippen molar-refractivity contribution >= 4 is 12.4 Å². The fourth-order valence-electron chi connectivity index (χ4n) is 1.54. The number of benzene rings is 1. The lowest BCUT2D eigenvalue weighted by atomic mass is 10.2. The van der Waals surface area contributed by atoms with Crippen molar-refractivity contribution in [3.8, 4) is 23.8 Å². The van der Waals surface area contributed by atoms with Gasteiger partial charge < -0.3 is 19.5 Å². The van der Waals surface area contributed by atoms with Gasteiger partial charge in [0.25, 0.3) is 0 Å². The van der Waals surface area contributed by atoms with Gasteiger partial charge in [-0.2, -0.15) is 0 Å². The van der Waals surface area contributed by atoms with Crippen molar-refractivity contribution in [2.24, 2.45) is 0 Å². The molecule has 5 heteroatoms. The van der Waals surface area contributed by atoms with Gasteiger partial charge >= 0.3 is 0 Å². The Bertz CT molecular complexity index is 404. The quantitative estimate of drug-likeness (QED) is 0.585. The van der Waals surface area contributed by atoms with Crippen molar-refractivity contribution in [1.82, 2.24) is 5.32 Å². The Morgan fingerprint density at radius 1 is 1.32 bits per heavy atom. The number of nitrogens with one attached hydrogen (secondary N) is 1. The second-order valence-electron chi connectivity index (χ2n) is 3.61. The molecule has 0 aliphatic rings. The lowest BCUT2D eigenvalue weighted by Crippen LogP contribution is -2.19. The Hall–Kier alpha value is -1.41. The first kappa shape index (κ1) is 17.6. The Morgan fingerprint density at radius 2 is 2.11 bits per heavy atom. The maximum atomic E-state index is 5.53. The van der Waals surface area contributed by atoms with E-state index in [1.165, 1.54) is 0 Å². The molecule has 0 atom stereocenters. The average molecular weight is 286 g/mol. The number of methoxy groups -OCH3 is 2. The third-order valence-corrected chi connectivity index (χ3v) is 2.38. The van der Waals surface area contributed by atoms with Crippen LogP contribution in [0.2, 0.25) is 0 Å². The minimum absolute atomic E-state index is 0. The predicted octanol–water partition coefficient (Wildman–Crippen LogP) is 1.86. The number of halogens is 1. The SMILES string of the molecule is C#CCOc1c(CNCCOC)cccc1OC.Cl. The summed E-state index contributed by atoms with van der Waals surface area (Å²) in [6.07, 6.45) is 5.21. The average Bonchev–Trinajstić information content (AvgIpc) is 2.41. The van der Waals surface area contributed by atoms with Gasteiger partial charge in [-0.15, -0.1) is 18.8 Å². The molecule has 0 aromatic heterocycles. The normalized spacial score (nSPS) is 9.32. The number of ether oxygens (including phenoxy) is 3. The van der Waals surface area contributed by atoms with Crippen LogP contribution in [0, 0.1) is 12.3 Å². The molecule has 0 aliphatic heterocycles. The largest absolute Gasteiger partial charge is 0.493 e. The van der Waals surface area contributed by atoms with Crippen molar-refractivity contribution < 1.29 is 14.2 Å². The molecule has 0 saturated heterocycles. The van der Waals surface area contributed by atoms with Gasteiger partial charge in [0.15, 0.2) is 11.5 Å². The minimum Gasteiger partial charge on any atom is -0.493 e. The van der Waals surface area contributed by atoms with Crippen LogP contribution >= 0.6 is 12.4 Å². The fraction of sp³-hybridized carbons (Fsp3) is 0.429. The number of hydrogen-bond donors (Lipinski definition) is 1. The van der Waals surface area contributed by atoms with Gasteiger partial charge in [-0.3, -0.25) is 0 Å². The Kier molecular flexibility index (Phi) is 9.73. The van der Waals surface area contributed by atoms with Gasteiger partial charge in [-0.1, -0.05) is 18.1 Å². The van der Waals surface area contributed by atoms with Crippen molar-refractivity contribution in [3.63, 3.8) is 0 Å². The van der Waals surface area contributed by atoms with Crippen molar-refractivity contribution in [3.05, 3.63) is 23.8 Å². The third-order valence-electron chi connectivity index (χ3n) is 2.38. The summed E-state index contributed by atoms with van der Waals surface area (Å²) in [6.45, 7) is 2.36. The molecule has 0 amide bonds. The van der Waals surface area contributed by atoms with Crippen molar-refractivity contribution in [1.29, 1.82) is 0 Å². The van der Waals surface area contributed by atoms with E-state index in [4.69, 9.17) is 20.6 Å². The summed E-state index contributed by atoms with van der Waals surface area (Å²) in [4.78, 5) is 0. The molecule has 0 spiro atoms. The topological polar surface area (TPSA) is 39.7 Å². The van der Waals surface area contributed by atoms with E-state index in [2.05, 4.69) is 11.2 Å². The monoisotopic (exact) mass is 285 g/mol. The highest BCUT2D eigenvalue weighted by molar-refractivity contribution is 5.85. The van der Waals surface area contributed by atoms with Gasteiger partial charge in [0.1, 0.15) is 6.61 Å². The maximum Gasteiger partial charge on any atom is 0.167 e. The third kappa shape index (κ3) is 5.84. The molecule has 106 valence electrons. The summed E-state index contributed by atoms with van der Waals surface area (Å²) in [6, 6.07) is 5.76. The molecule has 0 radical (unpaired) electrons. The van der Waals surface area contributed by atoms with Crippen LogP contribution in [-0.4, -0.2) is 34.0 Å². The second kappa shape index (κ2) is 10.5. The van der Waals surface area contributed by atoms with Crippen LogP contribution in [0.25, 0.3) is 0 Å². The van der Waals surface area contributed by atoms with Crippen molar-refractivity contribution in [2.45, 2.75) is 6.54 Å². The molecule has 4 nitrogen and oxygen atoms in total. The molecule has 0 fully saturated rings. The number of para-hydroxylation sites is 1. The second-order valence-corrected chi connectivity index (χ2v) is 3.61. The Morgan fingerprint density at radius 3 is 2.74 bits per heavy atom. The summed E-state index contributed by atoms with van der Waals surface area (Å²) in [5.41, 5.74) is 1.01. The molecule has 0 heterocycles. The molecule has 1 rings (SSSR count). The van der Waals surface area contributed by atoms with E-state index >= 15 is 0 Å². The molecule has 1 aromatic carbocycles. The van der Waals surface area contributed by atoms with Crippen LogP contribution in [0.4, 0.5) is 0 Å². The zero-order chi connectivity index (χ0) is 13.2. The van der Waals surface area contributed by atoms with E-state index < -0.39 is 0 Å². The van der Waals surface area contributed by atoms with E-state index in [-0.39, 0.29) is 19.0 Å². The number of terminal acetylenes is 1. The summed E-state index contributed by atoms with van der Waals surface area (Å²) >= 11 is 0. The van der Waals surface area contributed by atoms with Crippen LogP contribution in [0.1, 0.15) is 5.56 Å².